The first-order chi connectivity index (χ1) is 14.8. The zero-order valence-corrected chi connectivity index (χ0v) is 22.4. The third-order valence-corrected chi connectivity index (χ3v) is 6.24. The second-order valence-corrected chi connectivity index (χ2v) is 8.22. The number of hydrogen-bond donors (Lipinski definition) is 0. The molecule has 0 aliphatic carbocycles. The fraction of sp³-hybridized carbons (Fsp3) is 0.500. The fourth-order valence-corrected chi connectivity index (χ4v) is 4.54. The van der Waals surface area contributed by atoms with Crippen LogP contribution in [-0.4, -0.2) is 67.8 Å². The summed E-state index contributed by atoms with van der Waals surface area (Å²) in [6.45, 7) is 1.00. The minimum absolute atomic E-state index is 0. The molecule has 2 aromatic rings. The summed E-state index contributed by atoms with van der Waals surface area (Å²) in [7, 11) is 14.4. The Morgan fingerprint density at radius 3 is 1.69 bits per heavy atom. The monoisotopic (exact) mass is 559 g/mol. The Kier molecular flexibility index (Phi) is 8.75. The molecule has 0 N–H and O–H groups in total. The van der Waals surface area contributed by atoms with Crippen LogP contribution >= 0.6 is 0 Å². The van der Waals surface area contributed by atoms with E-state index in [1.165, 1.54) is 5.56 Å². The van der Waals surface area contributed by atoms with Crippen molar-refractivity contribution in [3.8, 4) is 34.5 Å². The minimum Gasteiger partial charge on any atom is -1.00 e. The molecule has 0 saturated carbocycles. The molecule has 0 amide bonds. The van der Waals surface area contributed by atoms with Gasteiger partial charge in [-0.2, -0.15) is 0 Å². The van der Waals surface area contributed by atoms with Gasteiger partial charge in [-0.3, -0.25) is 0 Å². The highest BCUT2D eigenvalue weighted by Gasteiger charge is 2.40. The summed E-state index contributed by atoms with van der Waals surface area (Å²) in [5.41, 5.74) is 3.48. The molecule has 0 saturated heterocycles. The summed E-state index contributed by atoms with van der Waals surface area (Å²) in [5, 5.41) is 0. The standard InChI is InChI=1S/C24H34NO6.HI/c1-25(2)10-9-16-14-20(28-5)23(30-7)24(31-8)21(16)17(25)11-15-12-18(26-3)22(29-6)19(13-15)27-4;/h12-14,17H,9-11H2,1-8H3;1H/q+1;/p-1. The molecule has 178 valence electrons. The summed E-state index contributed by atoms with van der Waals surface area (Å²) in [6, 6.07) is 6.25. The van der Waals surface area contributed by atoms with Crippen LogP contribution in [0.15, 0.2) is 18.2 Å². The van der Waals surface area contributed by atoms with Gasteiger partial charge in [0, 0.05) is 12.8 Å². The second-order valence-electron chi connectivity index (χ2n) is 8.22. The predicted molar refractivity (Wildman–Crippen MR) is 119 cm³/mol. The summed E-state index contributed by atoms with van der Waals surface area (Å²) >= 11 is 0. The lowest BCUT2D eigenvalue weighted by Gasteiger charge is -2.43. The van der Waals surface area contributed by atoms with Crippen molar-refractivity contribution in [1.29, 1.82) is 0 Å². The number of likely N-dealkylation sites (N-methyl/N-ethyl adjacent to an activating group) is 1. The van der Waals surface area contributed by atoms with Crippen LogP contribution in [-0.2, 0) is 12.8 Å². The van der Waals surface area contributed by atoms with Gasteiger partial charge in [-0.15, -0.1) is 0 Å². The molecule has 1 heterocycles. The summed E-state index contributed by atoms with van der Waals surface area (Å²) in [4.78, 5) is 0. The number of fused-ring (bicyclic) bond motifs is 1. The number of methoxy groups -OCH3 is 6. The smallest absolute Gasteiger partial charge is 0.203 e. The largest absolute Gasteiger partial charge is 1.00 e. The van der Waals surface area contributed by atoms with Crippen molar-refractivity contribution in [1.82, 2.24) is 0 Å². The van der Waals surface area contributed by atoms with E-state index in [1.54, 1.807) is 42.7 Å². The molecule has 8 heteroatoms. The van der Waals surface area contributed by atoms with E-state index in [9.17, 15) is 0 Å². The van der Waals surface area contributed by atoms with Crippen LogP contribution in [0.25, 0.3) is 0 Å². The van der Waals surface area contributed by atoms with E-state index >= 15 is 0 Å². The average Bonchev–Trinajstić information content (AvgIpc) is 2.78. The van der Waals surface area contributed by atoms with Gasteiger partial charge in [0.2, 0.25) is 11.5 Å². The van der Waals surface area contributed by atoms with Crippen LogP contribution < -0.4 is 52.4 Å². The van der Waals surface area contributed by atoms with Gasteiger partial charge in [-0.25, -0.2) is 0 Å². The van der Waals surface area contributed by atoms with Gasteiger partial charge in [0.05, 0.1) is 68.9 Å². The zero-order chi connectivity index (χ0) is 22.8. The van der Waals surface area contributed by atoms with Gasteiger partial charge in [-0.1, -0.05) is 0 Å². The Morgan fingerprint density at radius 2 is 1.22 bits per heavy atom. The fourth-order valence-electron chi connectivity index (χ4n) is 4.54. The summed E-state index contributed by atoms with van der Waals surface area (Å²) in [6.07, 6.45) is 1.70. The zero-order valence-electron chi connectivity index (χ0n) is 20.2. The van der Waals surface area contributed by atoms with E-state index in [4.69, 9.17) is 28.4 Å². The molecule has 0 aromatic heterocycles. The Balaban J connectivity index is 0.00000363. The molecular formula is C24H34INO6. The Hall–Kier alpha value is -2.07. The first-order valence-corrected chi connectivity index (χ1v) is 10.3. The van der Waals surface area contributed by atoms with Crippen LogP contribution in [0.5, 0.6) is 34.5 Å². The van der Waals surface area contributed by atoms with Crippen LogP contribution in [0, 0.1) is 0 Å². The Morgan fingerprint density at radius 1 is 0.719 bits per heavy atom. The second kappa shape index (κ2) is 10.7. The molecule has 32 heavy (non-hydrogen) atoms. The maximum atomic E-state index is 5.88. The quantitative estimate of drug-likeness (QED) is 0.350. The number of ether oxygens (including phenoxy) is 6. The SMILES string of the molecule is COc1cc(CC2c3c(cc(OC)c(OC)c3OC)CC[N+]2(C)C)cc(OC)c1OC.[I-]. The van der Waals surface area contributed by atoms with E-state index < -0.39 is 0 Å². The average molecular weight is 559 g/mol. The predicted octanol–water partition coefficient (Wildman–Crippen LogP) is 0.659. The van der Waals surface area contributed by atoms with E-state index in [0.717, 1.165) is 40.7 Å². The highest BCUT2D eigenvalue weighted by Crippen LogP contribution is 2.50. The number of nitrogens with zero attached hydrogens (tertiary/aromatic N) is 1. The van der Waals surface area contributed by atoms with Crippen LogP contribution in [0.3, 0.4) is 0 Å². The molecule has 7 nitrogen and oxygen atoms in total. The maximum absolute atomic E-state index is 5.88. The molecule has 2 aromatic carbocycles. The van der Waals surface area contributed by atoms with E-state index in [-0.39, 0.29) is 30.0 Å². The van der Waals surface area contributed by atoms with E-state index in [2.05, 4.69) is 20.2 Å². The van der Waals surface area contributed by atoms with Crippen molar-refractivity contribution in [3.05, 3.63) is 34.9 Å². The van der Waals surface area contributed by atoms with Crippen molar-refractivity contribution in [2.45, 2.75) is 18.9 Å². The molecule has 0 spiro atoms. The van der Waals surface area contributed by atoms with Gasteiger partial charge in [-0.05, 0) is 29.3 Å². The number of benzene rings is 2. The molecule has 0 fully saturated rings. The summed E-state index contributed by atoms with van der Waals surface area (Å²) in [5.74, 6) is 3.95. The lowest BCUT2D eigenvalue weighted by molar-refractivity contribution is -0.923. The lowest BCUT2D eigenvalue weighted by Crippen LogP contribution is -3.00. The van der Waals surface area contributed by atoms with E-state index in [1.807, 2.05) is 12.1 Å². The topological polar surface area (TPSA) is 55.4 Å². The van der Waals surface area contributed by atoms with Gasteiger partial charge in [0.25, 0.3) is 0 Å². The molecule has 3 rings (SSSR count). The Bertz CT molecular complexity index is 922. The molecule has 1 unspecified atom stereocenters. The molecule has 0 bridgehead atoms. The minimum atomic E-state index is 0. The van der Waals surface area contributed by atoms with Crippen LogP contribution in [0.4, 0.5) is 0 Å². The first-order valence-electron chi connectivity index (χ1n) is 10.3. The molecule has 1 atom stereocenters. The number of quaternary nitrogens is 1. The molecule has 0 radical (unpaired) electrons. The van der Waals surface area contributed by atoms with Crippen LogP contribution in [0.2, 0.25) is 0 Å². The van der Waals surface area contributed by atoms with E-state index in [0.29, 0.717) is 28.7 Å². The third kappa shape index (κ3) is 4.66. The van der Waals surface area contributed by atoms with Crippen molar-refractivity contribution in [2.75, 3.05) is 63.3 Å². The van der Waals surface area contributed by atoms with Crippen molar-refractivity contribution in [2.24, 2.45) is 0 Å². The van der Waals surface area contributed by atoms with Gasteiger partial charge >= 0.3 is 0 Å². The van der Waals surface area contributed by atoms with Crippen molar-refractivity contribution < 1.29 is 56.9 Å². The molecule has 1 aliphatic rings. The van der Waals surface area contributed by atoms with Crippen molar-refractivity contribution in [3.63, 3.8) is 0 Å². The summed E-state index contributed by atoms with van der Waals surface area (Å²) < 4.78 is 34.6. The van der Waals surface area contributed by atoms with Crippen molar-refractivity contribution >= 4 is 0 Å². The van der Waals surface area contributed by atoms with Gasteiger partial charge in [0.1, 0.15) is 6.04 Å². The number of halogens is 1. The maximum Gasteiger partial charge on any atom is 0.203 e. The Labute approximate surface area is 208 Å². The normalized spacial score (nSPS) is 16.3. The van der Waals surface area contributed by atoms with Crippen LogP contribution in [0.1, 0.15) is 22.7 Å². The number of hydrogen-bond acceptors (Lipinski definition) is 6. The first kappa shape index (κ1) is 26.2. The van der Waals surface area contributed by atoms with Gasteiger partial charge < -0.3 is 56.9 Å². The molecule has 1 aliphatic heterocycles. The molecular weight excluding hydrogens is 525 g/mol. The lowest BCUT2D eigenvalue weighted by atomic mass is 9.86. The highest BCUT2D eigenvalue weighted by atomic mass is 127. The highest BCUT2D eigenvalue weighted by molar-refractivity contribution is 5.61. The third-order valence-electron chi connectivity index (χ3n) is 6.24. The number of rotatable bonds is 8. The van der Waals surface area contributed by atoms with Gasteiger partial charge in [0.15, 0.2) is 23.0 Å².